The Morgan fingerprint density at radius 3 is 1.49 bits per heavy atom. The molecule has 7 rings (SSSR count). The number of nitrogens with zero attached hydrogens (tertiary/aromatic N) is 1. The van der Waals surface area contributed by atoms with E-state index in [4.69, 9.17) is 0 Å². The summed E-state index contributed by atoms with van der Waals surface area (Å²) < 4.78 is 0. The van der Waals surface area contributed by atoms with Crippen LogP contribution in [0.2, 0.25) is 0 Å². The van der Waals surface area contributed by atoms with Gasteiger partial charge in [-0.3, -0.25) is 0 Å². The van der Waals surface area contributed by atoms with Crippen molar-refractivity contribution in [3.05, 3.63) is 150 Å². The molecule has 0 N–H and O–H groups in total. The molecule has 0 amide bonds. The fourth-order valence-corrected chi connectivity index (χ4v) is 7.80. The summed E-state index contributed by atoms with van der Waals surface area (Å²) in [4.78, 5) is 2.43. The summed E-state index contributed by atoms with van der Waals surface area (Å²) in [6, 6.07) is 50.0. The highest BCUT2D eigenvalue weighted by atomic mass is 15.1. The van der Waals surface area contributed by atoms with Crippen LogP contribution in [0.5, 0.6) is 0 Å². The Hall–Kier alpha value is -4.10. The summed E-state index contributed by atoms with van der Waals surface area (Å²) in [5.74, 6) is 0.713. The van der Waals surface area contributed by atoms with Crippen LogP contribution in [0.1, 0.15) is 86.8 Å². The first-order chi connectivity index (χ1) is 21.3. The lowest BCUT2D eigenvalue weighted by atomic mass is 9.65. The van der Waals surface area contributed by atoms with E-state index >= 15 is 0 Å². The van der Waals surface area contributed by atoms with Crippen LogP contribution in [0.4, 0.5) is 17.1 Å². The lowest BCUT2D eigenvalue weighted by Gasteiger charge is -2.39. The maximum atomic E-state index is 2.43. The van der Waals surface area contributed by atoms with E-state index < -0.39 is 0 Å². The molecule has 0 aliphatic heterocycles. The van der Waals surface area contributed by atoms with Crippen LogP contribution in [0, 0.1) is 0 Å². The van der Waals surface area contributed by atoms with Gasteiger partial charge in [0.2, 0.25) is 0 Å². The Balaban J connectivity index is 1.25. The molecule has 0 heterocycles. The fraction of sp³-hybridized carbons (Fsp3) is 0.286. The highest BCUT2D eigenvalue weighted by molar-refractivity contribution is 5.78. The normalized spacial score (nSPS) is 16.9. The minimum Gasteiger partial charge on any atom is -0.311 e. The van der Waals surface area contributed by atoms with Crippen molar-refractivity contribution in [2.75, 3.05) is 4.90 Å². The van der Waals surface area contributed by atoms with E-state index in [9.17, 15) is 0 Å². The Labute approximate surface area is 258 Å². The first-order valence-electron chi connectivity index (χ1n) is 16.5. The van der Waals surface area contributed by atoms with Crippen molar-refractivity contribution in [1.82, 2.24) is 0 Å². The van der Waals surface area contributed by atoms with E-state index in [0.29, 0.717) is 5.92 Å². The summed E-state index contributed by atoms with van der Waals surface area (Å²) in [6.45, 7) is 0. The number of hydrogen-bond donors (Lipinski definition) is 0. The highest BCUT2D eigenvalue weighted by Crippen LogP contribution is 2.46. The van der Waals surface area contributed by atoms with Gasteiger partial charge in [-0.1, -0.05) is 136 Å². The number of benzene rings is 5. The van der Waals surface area contributed by atoms with Gasteiger partial charge in [0.1, 0.15) is 0 Å². The fourth-order valence-electron chi connectivity index (χ4n) is 7.80. The number of rotatable bonds is 7. The predicted molar refractivity (Wildman–Crippen MR) is 183 cm³/mol. The molecule has 2 fully saturated rings. The smallest absolute Gasteiger partial charge is 0.0462 e. The number of hydrogen-bond acceptors (Lipinski definition) is 1. The molecule has 0 aromatic heterocycles. The molecule has 43 heavy (non-hydrogen) atoms. The minimum atomic E-state index is 0.113. The van der Waals surface area contributed by atoms with Crippen molar-refractivity contribution in [3.63, 3.8) is 0 Å². The van der Waals surface area contributed by atoms with Gasteiger partial charge in [-0.2, -0.15) is 0 Å². The molecule has 0 radical (unpaired) electrons. The highest BCUT2D eigenvalue weighted by Gasteiger charge is 2.35. The molecular formula is C42H43N. The summed E-state index contributed by atoms with van der Waals surface area (Å²) in [5, 5.41) is 0. The summed E-state index contributed by atoms with van der Waals surface area (Å²) in [6.07, 6.45) is 13.2. The van der Waals surface area contributed by atoms with Crippen molar-refractivity contribution in [2.24, 2.45) is 0 Å². The molecular weight excluding hydrogens is 518 g/mol. The van der Waals surface area contributed by atoms with Crippen LogP contribution >= 0.6 is 0 Å². The van der Waals surface area contributed by atoms with Crippen molar-refractivity contribution >= 4 is 17.1 Å². The SMILES string of the molecule is c1ccc(-c2ccc(N(c3ccc(C4CCCCC4)cc3)c3ccc(C4(c5ccccc5)CCCCC4)cc3)cc2)cc1. The molecule has 1 nitrogen and oxygen atoms in total. The van der Waals surface area contributed by atoms with Gasteiger partial charge in [0.25, 0.3) is 0 Å². The zero-order valence-corrected chi connectivity index (χ0v) is 25.3. The molecule has 0 atom stereocenters. The molecule has 2 saturated carbocycles. The first kappa shape index (κ1) is 27.7. The standard InChI is InChI=1S/C42H43N/c1-5-13-33(14-6-1)35-19-25-39(26-20-35)43(40-27-21-36(22-28-40)34-15-7-2-8-16-34)41-29-23-38(24-30-41)42(31-11-4-12-32-42)37-17-9-3-10-18-37/h1,3,5-6,9-10,13-14,17-30,34H,2,4,7-8,11-12,15-16,31-32H2. The van der Waals surface area contributed by atoms with Crippen molar-refractivity contribution in [2.45, 2.75) is 75.5 Å². The van der Waals surface area contributed by atoms with E-state index in [-0.39, 0.29) is 5.41 Å². The van der Waals surface area contributed by atoms with Crippen LogP contribution in [0.3, 0.4) is 0 Å². The average molecular weight is 562 g/mol. The maximum Gasteiger partial charge on any atom is 0.0462 e. The van der Waals surface area contributed by atoms with E-state index in [1.165, 1.54) is 109 Å². The van der Waals surface area contributed by atoms with Crippen molar-refractivity contribution in [3.8, 4) is 11.1 Å². The lowest BCUT2D eigenvalue weighted by Crippen LogP contribution is -2.30. The number of anilines is 3. The molecule has 1 heteroatoms. The summed E-state index contributed by atoms with van der Waals surface area (Å²) in [7, 11) is 0. The van der Waals surface area contributed by atoms with Gasteiger partial charge in [-0.05, 0) is 95.8 Å². The third-order valence-corrected chi connectivity index (χ3v) is 10.2. The second kappa shape index (κ2) is 12.6. The van der Waals surface area contributed by atoms with Gasteiger partial charge in [-0.25, -0.2) is 0 Å². The molecule has 0 unspecified atom stereocenters. The predicted octanol–water partition coefficient (Wildman–Crippen LogP) is 12.1. The Kier molecular flexibility index (Phi) is 8.15. The minimum absolute atomic E-state index is 0.113. The zero-order chi connectivity index (χ0) is 28.9. The lowest BCUT2D eigenvalue weighted by molar-refractivity contribution is 0.346. The van der Waals surface area contributed by atoms with Crippen LogP contribution in [-0.4, -0.2) is 0 Å². The van der Waals surface area contributed by atoms with Gasteiger partial charge < -0.3 is 4.90 Å². The van der Waals surface area contributed by atoms with Gasteiger partial charge in [0, 0.05) is 22.5 Å². The quantitative estimate of drug-likeness (QED) is 0.191. The maximum absolute atomic E-state index is 2.43. The van der Waals surface area contributed by atoms with Crippen LogP contribution in [-0.2, 0) is 5.41 Å². The molecule has 0 spiro atoms. The summed E-state index contributed by atoms with van der Waals surface area (Å²) >= 11 is 0. The average Bonchev–Trinajstić information content (AvgIpc) is 3.11. The molecule has 5 aromatic carbocycles. The second-order valence-electron chi connectivity index (χ2n) is 12.7. The van der Waals surface area contributed by atoms with E-state index in [1.807, 2.05) is 0 Å². The second-order valence-corrected chi connectivity index (χ2v) is 12.7. The molecule has 2 aliphatic rings. The van der Waals surface area contributed by atoms with Gasteiger partial charge in [-0.15, -0.1) is 0 Å². The monoisotopic (exact) mass is 561 g/mol. The van der Waals surface area contributed by atoms with E-state index in [2.05, 4.69) is 138 Å². The molecule has 216 valence electrons. The van der Waals surface area contributed by atoms with Gasteiger partial charge in [0.05, 0.1) is 0 Å². The van der Waals surface area contributed by atoms with Gasteiger partial charge in [0.15, 0.2) is 0 Å². The van der Waals surface area contributed by atoms with Gasteiger partial charge >= 0.3 is 0 Å². The largest absolute Gasteiger partial charge is 0.311 e. The summed E-state index contributed by atoms with van der Waals surface area (Å²) in [5.41, 5.74) is 10.6. The molecule has 0 bridgehead atoms. The Morgan fingerprint density at radius 2 is 0.884 bits per heavy atom. The van der Waals surface area contributed by atoms with E-state index in [1.54, 1.807) is 0 Å². The van der Waals surface area contributed by atoms with Crippen LogP contribution < -0.4 is 4.90 Å². The van der Waals surface area contributed by atoms with Crippen LogP contribution in [0.25, 0.3) is 11.1 Å². The third-order valence-electron chi connectivity index (χ3n) is 10.2. The molecule has 0 saturated heterocycles. The van der Waals surface area contributed by atoms with Crippen LogP contribution in [0.15, 0.2) is 133 Å². The Bertz CT molecular complexity index is 1570. The van der Waals surface area contributed by atoms with Crippen molar-refractivity contribution < 1.29 is 0 Å². The zero-order valence-electron chi connectivity index (χ0n) is 25.3. The first-order valence-corrected chi connectivity index (χ1v) is 16.5. The molecule has 2 aliphatic carbocycles. The topological polar surface area (TPSA) is 3.24 Å². The van der Waals surface area contributed by atoms with E-state index in [0.717, 1.165) is 0 Å². The Morgan fingerprint density at radius 1 is 0.419 bits per heavy atom. The third kappa shape index (κ3) is 5.78. The van der Waals surface area contributed by atoms with Crippen molar-refractivity contribution in [1.29, 1.82) is 0 Å². The molecule has 5 aromatic rings.